The van der Waals surface area contributed by atoms with E-state index >= 15 is 0 Å². The van der Waals surface area contributed by atoms with Crippen molar-refractivity contribution in [3.63, 3.8) is 0 Å². The lowest BCUT2D eigenvalue weighted by atomic mass is 10.00. The van der Waals surface area contributed by atoms with Crippen LogP contribution in [-0.4, -0.2) is 18.8 Å². The third-order valence-electron chi connectivity index (χ3n) is 2.28. The number of phenolic OH excluding ortho intramolecular Hbond substituents is 1. The molecule has 0 heterocycles. The van der Waals surface area contributed by atoms with Gasteiger partial charge in [-0.1, -0.05) is 6.92 Å². The second kappa shape index (κ2) is 4.44. The predicted molar refractivity (Wildman–Crippen MR) is 52.0 cm³/mol. The average molecular weight is 217 g/mol. The minimum atomic E-state index is -1.09. The average Bonchev–Trinajstić information content (AvgIpc) is 2.25. The molecule has 1 rings (SSSR count). The molecule has 0 saturated carbocycles. The van der Waals surface area contributed by atoms with Gasteiger partial charge in [-0.2, -0.15) is 4.39 Å². The fourth-order valence-electron chi connectivity index (χ4n) is 1.25. The molecule has 0 bridgehead atoms. The van der Waals surface area contributed by atoms with Gasteiger partial charge in [-0.3, -0.25) is 0 Å². The van der Waals surface area contributed by atoms with Crippen LogP contribution in [0.15, 0.2) is 6.07 Å². The van der Waals surface area contributed by atoms with Gasteiger partial charge in [0.25, 0.3) is 0 Å². The summed E-state index contributed by atoms with van der Waals surface area (Å²) < 4.78 is 31.3. The number of halogens is 2. The largest absolute Gasteiger partial charge is 0.503 e. The maximum Gasteiger partial charge on any atom is 0.209 e. The first-order valence-corrected chi connectivity index (χ1v) is 4.47. The highest BCUT2D eigenvalue weighted by Crippen LogP contribution is 2.34. The zero-order valence-corrected chi connectivity index (χ0v) is 8.55. The lowest BCUT2D eigenvalue weighted by Gasteiger charge is -2.13. The van der Waals surface area contributed by atoms with Gasteiger partial charge >= 0.3 is 0 Å². The van der Waals surface area contributed by atoms with Crippen molar-refractivity contribution < 1.29 is 18.6 Å². The highest BCUT2D eigenvalue weighted by atomic mass is 19.1. The van der Waals surface area contributed by atoms with Gasteiger partial charge in [0, 0.05) is 0 Å². The minimum Gasteiger partial charge on any atom is -0.503 e. The van der Waals surface area contributed by atoms with Gasteiger partial charge in [-0.05, 0) is 24.1 Å². The second-order valence-corrected chi connectivity index (χ2v) is 3.28. The smallest absolute Gasteiger partial charge is 0.209 e. The highest BCUT2D eigenvalue weighted by Gasteiger charge is 2.21. The molecule has 3 nitrogen and oxygen atoms in total. The van der Waals surface area contributed by atoms with Crippen molar-refractivity contribution in [2.45, 2.75) is 12.8 Å². The van der Waals surface area contributed by atoms with Crippen molar-refractivity contribution in [2.24, 2.45) is 5.73 Å². The molecule has 0 radical (unpaired) electrons. The van der Waals surface area contributed by atoms with E-state index in [2.05, 4.69) is 4.74 Å². The van der Waals surface area contributed by atoms with Crippen molar-refractivity contribution in [1.82, 2.24) is 0 Å². The van der Waals surface area contributed by atoms with Crippen LogP contribution in [0.5, 0.6) is 11.5 Å². The van der Waals surface area contributed by atoms with Crippen LogP contribution in [0.1, 0.15) is 18.4 Å². The summed E-state index contributed by atoms with van der Waals surface area (Å²) in [5, 5.41) is 9.17. The van der Waals surface area contributed by atoms with Crippen LogP contribution in [-0.2, 0) is 0 Å². The Morgan fingerprint density at radius 1 is 1.47 bits per heavy atom. The van der Waals surface area contributed by atoms with E-state index in [4.69, 9.17) is 5.73 Å². The summed E-state index contributed by atoms with van der Waals surface area (Å²) in [5.41, 5.74) is 5.52. The Labute approximate surface area is 86.5 Å². The lowest BCUT2D eigenvalue weighted by Crippen LogP contribution is -2.11. The Hall–Kier alpha value is -1.36. The maximum absolute atomic E-state index is 13.4. The monoisotopic (exact) mass is 217 g/mol. The van der Waals surface area contributed by atoms with E-state index in [1.54, 1.807) is 6.92 Å². The molecule has 0 aromatic heterocycles. The summed E-state index contributed by atoms with van der Waals surface area (Å²) in [6.45, 7) is 1.88. The summed E-state index contributed by atoms with van der Waals surface area (Å²) in [4.78, 5) is 0. The normalized spacial score (nSPS) is 12.6. The van der Waals surface area contributed by atoms with Crippen molar-refractivity contribution in [3.05, 3.63) is 23.3 Å². The predicted octanol–water partition coefficient (Wildman–Crippen LogP) is 1.74. The van der Waals surface area contributed by atoms with E-state index < -0.39 is 17.4 Å². The molecule has 0 fully saturated rings. The van der Waals surface area contributed by atoms with Crippen LogP contribution in [0.4, 0.5) is 8.78 Å². The van der Waals surface area contributed by atoms with Crippen LogP contribution in [0.3, 0.4) is 0 Å². The van der Waals surface area contributed by atoms with Crippen molar-refractivity contribution in [1.29, 1.82) is 0 Å². The highest BCUT2D eigenvalue weighted by molar-refractivity contribution is 5.42. The van der Waals surface area contributed by atoms with Crippen LogP contribution >= 0.6 is 0 Å². The van der Waals surface area contributed by atoms with Crippen molar-refractivity contribution in [3.8, 4) is 11.5 Å². The molecule has 0 aliphatic heterocycles. The fourth-order valence-corrected chi connectivity index (χ4v) is 1.25. The van der Waals surface area contributed by atoms with Crippen molar-refractivity contribution >= 4 is 0 Å². The SMILES string of the molecule is COc1cc(C(C)CN)c(F)c(O)c1F. The summed E-state index contributed by atoms with van der Waals surface area (Å²) in [6, 6.07) is 1.21. The third kappa shape index (κ3) is 2.02. The Bertz CT molecular complexity index is 369. The molecule has 15 heavy (non-hydrogen) atoms. The standard InChI is InChI=1S/C10H13F2NO2/c1-5(4-13)6-3-7(15-2)9(12)10(14)8(6)11/h3,5,14H,4,13H2,1-2H3. The molecule has 3 N–H and O–H groups in total. The van der Waals surface area contributed by atoms with E-state index in [0.29, 0.717) is 0 Å². The molecule has 1 unspecified atom stereocenters. The first-order chi connectivity index (χ1) is 7.02. The molecule has 0 spiro atoms. The zero-order chi connectivity index (χ0) is 11.6. The Kier molecular flexibility index (Phi) is 3.47. The number of phenols is 1. The summed E-state index contributed by atoms with van der Waals surface area (Å²) in [6.07, 6.45) is 0. The molecule has 0 aliphatic rings. The summed E-state index contributed by atoms with van der Waals surface area (Å²) >= 11 is 0. The number of nitrogens with two attached hydrogens (primary N) is 1. The van der Waals surface area contributed by atoms with Gasteiger partial charge in [-0.15, -0.1) is 0 Å². The Morgan fingerprint density at radius 2 is 2.07 bits per heavy atom. The molecule has 1 atom stereocenters. The molecule has 84 valence electrons. The van der Waals surface area contributed by atoms with Gasteiger partial charge in [0.2, 0.25) is 5.82 Å². The topological polar surface area (TPSA) is 55.5 Å². The number of ether oxygens (including phenoxy) is 1. The molecular formula is C10H13F2NO2. The number of rotatable bonds is 3. The van der Waals surface area contributed by atoms with Gasteiger partial charge in [0.1, 0.15) is 0 Å². The number of benzene rings is 1. The summed E-state index contributed by atoms with van der Waals surface area (Å²) in [5.74, 6) is -3.60. The van der Waals surface area contributed by atoms with E-state index in [-0.39, 0.29) is 23.8 Å². The van der Waals surface area contributed by atoms with Crippen LogP contribution < -0.4 is 10.5 Å². The molecule has 1 aromatic rings. The number of aromatic hydroxyl groups is 1. The first kappa shape index (κ1) is 11.7. The van der Waals surface area contributed by atoms with Gasteiger partial charge in [-0.25, -0.2) is 4.39 Å². The zero-order valence-electron chi connectivity index (χ0n) is 8.55. The Morgan fingerprint density at radius 3 is 2.53 bits per heavy atom. The molecule has 1 aromatic carbocycles. The van der Waals surface area contributed by atoms with Gasteiger partial charge in [0.15, 0.2) is 17.3 Å². The van der Waals surface area contributed by atoms with Gasteiger partial charge in [0.05, 0.1) is 7.11 Å². The maximum atomic E-state index is 13.4. The van der Waals surface area contributed by atoms with E-state index in [9.17, 15) is 13.9 Å². The van der Waals surface area contributed by atoms with E-state index in [0.717, 1.165) is 0 Å². The van der Waals surface area contributed by atoms with Crippen LogP contribution in [0, 0.1) is 11.6 Å². The minimum absolute atomic E-state index is 0.147. The first-order valence-electron chi connectivity index (χ1n) is 4.47. The van der Waals surface area contributed by atoms with Crippen LogP contribution in [0.25, 0.3) is 0 Å². The van der Waals surface area contributed by atoms with E-state index in [1.807, 2.05) is 0 Å². The third-order valence-corrected chi connectivity index (χ3v) is 2.28. The second-order valence-electron chi connectivity index (χ2n) is 3.28. The molecule has 0 saturated heterocycles. The van der Waals surface area contributed by atoms with Crippen LogP contribution in [0.2, 0.25) is 0 Å². The molecule has 0 amide bonds. The van der Waals surface area contributed by atoms with Crippen molar-refractivity contribution in [2.75, 3.05) is 13.7 Å². The van der Waals surface area contributed by atoms with Gasteiger partial charge < -0.3 is 15.6 Å². The lowest BCUT2D eigenvalue weighted by molar-refractivity contribution is 0.346. The number of hydrogen-bond acceptors (Lipinski definition) is 3. The Balaban J connectivity index is 3.35. The summed E-state index contributed by atoms with van der Waals surface area (Å²) in [7, 11) is 1.24. The molecule has 5 heteroatoms. The quantitative estimate of drug-likeness (QED) is 0.810. The fraction of sp³-hybridized carbons (Fsp3) is 0.400. The molecular weight excluding hydrogens is 204 g/mol. The van der Waals surface area contributed by atoms with E-state index in [1.165, 1.54) is 13.2 Å². The number of hydrogen-bond donors (Lipinski definition) is 2. The molecule has 0 aliphatic carbocycles. The number of methoxy groups -OCH3 is 1.